The molecule has 2 N–H and O–H groups in total. The summed E-state index contributed by atoms with van der Waals surface area (Å²) < 4.78 is 0. The van der Waals surface area contributed by atoms with Crippen molar-refractivity contribution in [2.24, 2.45) is 5.73 Å². The quantitative estimate of drug-likeness (QED) is 0.781. The Hall–Kier alpha value is -0.850. The first kappa shape index (κ1) is 9.24. The molecule has 2 nitrogen and oxygen atoms in total. The first-order valence-electron chi connectivity index (χ1n) is 3.60. The molecule has 62 valence electrons. The van der Waals surface area contributed by atoms with Gasteiger partial charge in [0.1, 0.15) is 0 Å². The van der Waals surface area contributed by atoms with E-state index in [1.165, 1.54) is 0 Å². The lowest BCUT2D eigenvalue weighted by Gasteiger charge is -2.05. The first-order chi connectivity index (χ1) is 5.83. The zero-order valence-electron chi connectivity index (χ0n) is 6.55. The number of hydrogen-bond acceptors (Lipinski definition) is 2. The number of alkyl halides is 1. The average Bonchev–Trinajstić information content (AvgIpc) is 2.16. The Labute approximate surface area is 80.1 Å². The molecule has 0 aliphatic heterocycles. The lowest BCUT2D eigenvalue weighted by molar-refractivity contribution is 1.04. The van der Waals surface area contributed by atoms with Crippen molar-refractivity contribution in [3.05, 3.63) is 34.9 Å². The van der Waals surface area contributed by atoms with E-state index in [1.54, 1.807) is 6.07 Å². The number of nitriles is 1. The highest BCUT2D eigenvalue weighted by atomic mass is 79.9. The molecule has 0 aliphatic carbocycles. The van der Waals surface area contributed by atoms with Crippen LogP contribution in [0, 0.1) is 11.3 Å². The van der Waals surface area contributed by atoms with Crippen molar-refractivity contribution in [3.8, 4) is 6.07 Å². The minimum atomic E-state index is 0.483. The Morgan fingerprint density at radius 1 is 1.50 bits per heavy atom. The molecule has 0 spiro atoms. The van der Waals surface area contributed by atoms with Gasteiger partial charge in [-0.05, 0) is 17.2 Å². The van der Waals surface area contributed by atoms with Gasteiger partial charge in [0, 0.05) is 11.9 Å². The molecule has 0 heterocycles. The van der Waals surface area contributed by atoms with Gasteiger partial charge in [-0.1, -0.05) is 28.1 Å². The summed E-state index contributed by atoms with van der Waals surface area (Å²) in [5, 5.41) is 9.44. The normalized spacial score (nSPS) is 9.42. The van der Waals surface area contributed by atoms with Crippen LogP contribution in [0.1, 0.15) is 16.7 Å². The summed E-state index contributed by atoms with van der Waals surface area (Å²) in [7, 11) is 0. The monoisotopic (exact) mass is 224 g/mol. The molecule has 0 radical (unpaired) electrons. The van der Waals surface area contributed by atoms with E-state index in [-0.39, 0.29) is 0 Å². The van der Waals surface area contributed by atoms with E-state index in [1.807, 2.05) is 12.1 Å². The molecule has 0 unspecified atom stereocenters. The van der Waals surface area contributed by atoms with Crippen LogP contribution < -0.4 is 5.73 Å². The van der Waals surface area contributed by atoms with Gasteiger partial charge in [0.15, 0.2) is 0 Å². The van der Waals surface area contributed by atoms with Gasteiger partial charge in [-0.2, -0.15) is 5.26 Å². The van der Waals surface area contributed by atoms with Crippen LogP contribution in [0.2, 0.25) is 0 Å². The first-order valence-corrected chi connectivity index (χ1v) is 4.72. The minimum Gasteiger partial charge on any atom is -0.326 e. The largest absolute Gasteiger partial charge is 0.326 e. The SMILES string of the molecule is N#Cc1cccc(CN)c1CBr. The van der Waals surface area contributed by atoms with Crippen molar-refractivity contribution in [3.63, 3.8) is 0 Å². The predicted molar refractivity (Wildman–Crippen MR) is 51.7 cm³/mol. The fourth-order valence-electron chi connectivity index (χ4n) is 1.09. The van der Waals surface area contributed by atoms with E-state index >= 15 is 0 Å². The van der Waals surface area contributed by atoms with E-state index < -0.39 is 0 Å². The second kappa shape index (κ2) is 4.24. The molecule has 1 aromatic carbocycles. The summed E-state index contributed by atoms with van der Waals surface area (Å²) in [6.07, 6.45) is 0. The van der Waals surface area contributed by atoms with Crippen LogP contribution >= 0.6 is 15.9 Å². The summed E-state index contributed by atoms with van der Waals surface area (Å²) in [5.41, 5.74) is 8.26. The molecular formula is C9H9BrN2. The van der Waals surface area contributed by atoms with Gasteiger partial charge < -0.3 is 5.73 Å². The smallest absolute Gasteiger partial charge is 0.0994 e. The molecule has 0 atom stereocenters. The number of halogens is 1. The van der Waals surface area contributed by atoms with Gasteiger partial charge in [-0.3, -0.25) is 0 Å². The molecular weight excluding hydrogens is 216 g/mol. The van der Waals surface area contributed by atoms with Crippen molar-refractivity contribution in [1.29, 1.82) is 5.26 Å². The van der Waals surface area contributed by atoms with E-state index in [9.17, 15) is 0 Å². The van der Waals surface area contributed by atoms with E-state index in [2.05, 4.69) is 22.0 Å². The fraction of sp³-hybridized carbons (Fsp3) is 0.222. The highest BCUT2D eigenvalue weighted by molar-refractivity contribution is 9.08. The minimum absolute atomic E-state index is 0.483. The zero-order chi connectivity index (χ0) is 8.97. The highest BCUT2D eigenvalue weighted by Crippen LogP contribution is 2.16. The van der Waals surface area contributed by atoms with E-state index in [0.29, 0.717) is 17.4 Å². The molecule has 0 bridgehead atoms. The summed E-state index contributed by atoms with van der Waals surface area (Å²) in [6, 6.07) is 7.73. The Balaban J connectivity index is 3.24. The molecule has 0 saturated carbocycles. The molecule has 0 aliphatic rings. The molecule has 0 aromatic heterocycles. The summed E-state index contributed by atoms with van der Waals surface area (Å²) in [5.74, 6) is 0. The standard InChI is InChI=1S/C9H9BrN2/c10-4-9-7(5-11)2-1-3-8(9)6-12/h1-3H,4-5,11H2. The molecule has 0 amide bonds. The molecule has 1 aromatic rings. The predicted octanol–water partition coefficient (Wildman–Crippen LogP) is 1.91. The van der Waals surface area contributed by atoms with Crippen LogP contribution in [0.25, 0.3) is 0 Å². The van der Waals surface area contributed by atoms with E-state index in [4.69, 9.17) is 11.0 Å². The maximum atomic E-state index is 8.76. The van der Waals surface area contributed by atoms with Crippen LogP contribution in [0.4, 0.5) is 0 Å². The molecule has 12 heavy (non-hydrogen) atoms. The number of nitrogens with zero attached hydrogens (tertiary/aromatic N) is 1. The lowest BCUT2D eigenvalue weighted by Crippen LogP contribution is -2.01. The number of rotatable bonds is 2. The number of nitrogens with two attached hydrogens (primary N) is 1. The fourth-order valence-corrected chi connectivity index (χ4v) is 1.75. The molecule has 3 heteroatoms. The highest BCUT2D eigenvalue weighted by Gasteiger charge is 2.04. The molecule has 0 fully saturated rings. The third-order valence-corrected chi connectivity index (χ3v) is 2.31. The maximum Gasteiger partial charge on any atom is 0.0994 e. The van der Waals surface area contributed by atoms with Gasteiger partial charge in [0.25, 0.3) is 0 Å². The van der Waals surface area contributed by atoms with Crippen molar-refractivity contribution >= 4 is 15.9 Å². The third-order valence-electron chi connectivity index (χ3n) is 1.75. The summed E-state index contributed by atoms with van der Waals surface area (Å²) in [4.78, 5) is 0. The lowest BCUT2D eigenvalue weighted by atomic mass is 10.0. The van der Waals surface area contributed by atoms with Gasteiger partial charge >= 0.3 is 0 Å². The van der Waals surface area contributed by atoms with Crippen LogP contribution in [-0.2, 0) is 11.9 Å². The Morgan fingerprint density at radius 2 is 2.25 bits per heavy atom. The number of hydrogen-bond donors (Lipinski definition) is 1. The van der Waals surface area contributed by atoms with Crippen LogP contribution in [0.3, 0.4) is 0 Å². The Morgan fingerprint density at radius 3 is 2.75 bits per heavy atom. The summed E-state index contributed by atoms with van der Waals surface area (Å²) >= 11 is 3.33. The summed E-state index contributed by atoms with van der Waals surface area (Å²) in [6.45, 7) is 0.483. The van der Waals surface area contributed by atoms with Gasteiger partial charge in [-0.25, -0.2) is 0 Å². The second-order valence-electron chi connectivity index (χ2n) is 2.39. The Kier molecular flexibility index (Phi) is 3.27. The average molecular weight is 225 g/mol. The topological polar surface area (TPSA) is 49.8 Å². The van der Waals surface area contributed by atoms with Gasteiger partial charge in [0.2, 0.25) is 0 Å². The zero-order valence-corrected chi connectivity index (χ0v) is 8.13. The van der Waals surface area contributed by atoms with Crippen molar-refractivity contribution < 1.29 is 0 Å². The Bertz CT molecular complexity index is 315. The van der Waals surface area contributed by atoms with Crippen LogP contribution in [0.5, 0.6) is 0 Å². The molecule has 1 rings (SSSR count). The van der Waals surface area contributed by atoms with Gasteiger partial charge in [-0.15, -0.1) is 0 Å². The molecule has 0 saturated heterocycles. The van der Waals surface area contributed by atoms with Gasteiger partial charge in [0.05, 0.1) is 11.6 Å². The van der Waals surface area contributed by atoms with Crippen molar-refractivity contribution in [2.75, 3.05) is 0 Å². The third kappa shape index (κ3) is 1.66. The maximum absolute atomic E-state index is 8.76. The number of benzene rings is 1. The van der Waals surface area contributed by atoms with Crippen LogP contribution in [0.15, 0.2) is 18.2 Å². The van der Waals surface area contributed by atoms with Crippen molar-refractivity contribution in [1.82, 2.24) is 0 Å². The van der Waals surface area contributed by atoms with E-state index in [0.717, 1.165) is 11.1 Å². The van der Waals surface area contributed by atoms with Crippen LogP contribution in [-0.4, -0.2) is 0 Å². The van der Waals surface area contributed by atoms with Crippen molar-refractivity contribution in [2.45, 2.75) is 11.9 Å². The second-order valence-corrected chi connectivity index (χ2v) is 2.95.